The molecule has 3 rings (SSSR count). The third kappa shape index (κ3) is 2.52. The second-order valence-electron chi connectivity index (χ2n) is 4.78. The fraction of sp³-hybridized carbons (Fsp3) is 0.286. The van der Waals surface area contributed by atoms with E-state index >= 15 is 0 Å². The third-order valence-corrected chi connectivity index (χ3v) is 4.44. The largest absolute Gasteiger partial charge is 0.465 e. The number of nitrogens with zero attached hydrogens (tertiary/aromatic N) is 3. The van der Waals surface area contributed by atoms with Crippen LogP contribution >= 0.6 is 11.3 Å². The van der Waals surface area contributed by atoms with Crippen LogP contribution < -0.4 is 5.32 Å². The van der Waals surface area contributed by atoms with E-state index in [1.54, 1.807) is 6.20 Å². The van der Waals surface area contributed by atoms with Gasteiger partial charge in [0.15, 0.2) is 0 Å². The van der Waals surface area contributed by atoms with Crippen LogP contribution in [0.1, 0.15) is 26.8 Å². The van der Waals surface area contributed by atoms with Crippen molar-refractivity contribution >= 4 is 33.3 Å². The molecule has 3 aromatic heterocycles. The molecule has 0 aliphatic rings. The highest BCUT2D eigenvalue weighted by atomic mass is 32.1. The van der Waals surface area contributed by atoms with Crippen molar-refractivity contribution < 1.29 is 9.53 Å². The molecular formula is C14H15N5O2S. The molecular weight excluding hydrogens is 302 g/mol. The van der Waals surface area contributed by atoms with Gasteiger partial charge >= 0.3 is 5.97 Å². The van der Waals surface area contributed by atoms with Gasteiger partial charge in [0.05, 0.1) is 24.7 Å². The Morgan fingerprint density at radius 1 is 1.41 bits per heavy atom. The summed E-state index contributed by atoms with van der Waals surface area (Å²) < 4.78 is 4.83. The summed E-state index contributed by atoms with van der Waals surface area (Å²) in [5, 5.41) is 10.9. The maximum atomic E-state index is 11.9. The highest BCUT2D eigenvalue weighted by Crippen LogP contribution is 2.34. The summed E-state index contributed by atoms with van der Waals surface area (Å²) in [6.07, 6.45) is 1.70. The first-order valence-corrected chi connectivity index (χ1v) is 7.50. The number of hydrogen-bond acceptors (Lipinski definition) is 7. The van der Waals surface area contributed by atoms with E-state index in [-0.39, 0.29) is 5.97 Å². The Kier molecular flexibility index (Phi) is 3.76. The van der Waals surface area contributed by atoms with Gasteiger partial charge in [-0.1, -0.05) is 0 Å². The lowest BCUT2D eigenvalue weighted by atomic mass is 10.2. The summed E-state index contributed by atoms with van der Waals surface area (Å²) in [6.45, 7) is 4.27. The van der Waals surface area contributed by atoms with E-state index < -0.39 is 0 Å². The maximum absolute atomic E-state index is 11.9. The molecule has 114 valence electrons. The molecule has 2 N–H and O–H groups in total. The van der Waals surface area contributed by atoms with Crippen LogP contribution in [-0.4, -0.2) is 33.2 Å². The summed E-state index contributed by atoms with van der Waals surface area (Å²) in [5.74, 6) is 1.01. The number of methoxy groups -OCH3 is 1. The highest BCUT2D eigenvalue weighted by Gasteiger charge is 2.20. The van der Waals surface area contributed by atoms with Gasteiger partial charge in [-0.2, -0.15) is 5.10 Å². The average Bonchev–Trinajstić information content (AvgIpc) is 3.12. The van der Waals surface area contributed by atoms with Gasteiger partial charge in [0.25, 0.3) is 0 Å². The zero-order valence-corrected chi connectivity index (χ0v) is 13.2. The van der Waals surface area contributed by atoms with Crippen LogP contribution in [-0.2, 0) is 11.3 Å². The standard InChI is InChI=1S/C14H15N5O2S/c1-7-10-12(15-6-9-4-5-16-19-9)17-8(2)18-13(10)22-11(7)14(20)21-3/h4-5H,6H2,1-3H3,(H,16,19)(H,15,17,18). The van der Waals surface area contributed by atoms with Crippen molar-refractivity contribution in [3.8, 4) is 0 Å². The Bertz CT molecular complexity index is 825. The second-order valence-corrected chi connectivity index (χ2v) is 5.78. The number of carbonyl (C=O) groups is 1. The summed E-state index contributed by atoms with van der Waals surface area (Å²) in [5.41, 5.74) is 1.78. The van der Waals surface area contributed by atoms with E-state index in [1.165, 1.54) is 18.4 Å². The van der Waals surface area contributed by atoms with Crippen molar-refractivity contribution in [1.29, 1.82) is 0 Å². The Labute approximate surface area is 130 Å². The fourth-order valence-electron chi connectivity index (χ4n) is 2.22. The van der Waals surface area contributed by atoms with Crippen LogP contribution in [0.2, 0.25) is 0 Å². The first-order chi connectivity index (χ1) is 10.6. The molecule has 0 atom stereocenters. The Balaban J connectivity index is 2.04. The topological polar surface area (TPSA) is 92.8 Å². The number of aromatic amines is 1. The van der Waals surface area contributed by atoms with Crippen molar-refractivity contribution in [2.75, 3.05) is 12.4 Å². The van der Waals surface area contributed by atoms with Gasteiger partial charge in [0.2, 0.25) is 0 Å². The molecule has 7 nitrogen and oxygen atoms in total. The van der Waals surface area contributed by atoms with Gasteiger partial charge in [0.1, 0.15) is 21.3 Å². The molecule has 0 saturated heterocycles. The van der Waals surface area contributed by atoms with Crippen LogP contribution in [0.4, 0.5) is 5.82 Å². The van der Waals surface area contributed by atoms with E-state index in [9.17, 15) is 4.79 Å². The normalized spacial score (nSPS) is 10.9. The number of fused-ring (bicyclic) bond motifs is 1. The minimum atomic E-state index is -0.349. The summed E-state index contributed by atoms with van der Waals surface area (Å²) >= 11 is 1.32. The van der Waals surface area contributed by atoms with Gasteiger partial charge in [0, 0.05) is 6.20 Å². The monoisotopic (exact) mass is 317 g/mol. The average molecular weight is 317 g/mol. The minimum Gasteiger partial charge on any atom is -0.465 e. The van der Waals surface area contributed by atoms with Gasteiger partial charge in [-0.3, -0.25) is 5.10 Å². The number of rotatable bonds is 4. The molecule has 0 bridgehead atoms. The second kappa shape index (κ2) is 5.72. The number of ether oxygens (including phenoxy) is 1. The van der Waals surface area contributed by atoms with Crippen LogP contribution in [0, 0.1) is 13.8 Å². The fourth-order valence-corrected chi connectivity index (χ4v) is 3.37. The van der Waals surface area contributed by atoms with Gasteiger partial charge in [-0.25, -0.2) is 14.8 Å². The Morgan fingerprint density at radius 3 is 2.91 bits per heavy atom. The number of nitrogens with one attached hydrogen (secondary N) is 2. The van der Waals surface area contributed by atoms with Crippen molar-refractivity contribution in [2.45, 2.75) is 20.4 Å². The molecule has 0 fully saturated rings. The van der Waals surface area contributed by atoms with E-state index in [0.717, 1.165) is 21.5 Å². The Hall–Kier alpha value is -2.48. The number of esters is 1. The summed E-state index contributed by atoms with van der Waals surface area (Å²) in [7, 11) is 1.38. The SMILES string of the molecule is COC(=O)c1sc2nc(C)nc(NCc3ccn[nH]3)c2c1C. The first kappa shape index (κ1) is 14.5. The zero-order valence-electron chi connectivity index (χ0n) is 12.4. The lowest BCUT2D eigenvalue weighted by molar-refractivity contribution is 0.0605. The highest BCUT2D eigenvalue weighted by molar-refractivity contribution is 7.20. The summed E-state index contributed by atoms with van der Waals surface area (Å²) in [4.78, 5) is 22.1. The van der Waals surface area contributed by atoms with E-state index in [4.69, 9.17) is 4.74 Å². The lowest BCUT2D eigenvalue weighted by Gasteiger charge is -2.07. The molecule has 0 amide bonds. The number of aryl methyl sites for hydroxylation is 2. The maximum Gasteiger partial charge on any atom is 0.348 e. The number of thiophene rings is 1. The molecule has 3 aromatic rings. The molecule has 0 aliphatic carbocycles. The van der Waals surface area contributed by atoms with Crippen LogP contribution in [0.25, 0.3) is 10.2 Å². The van der Waals surface area contributed by atoms with E-state index in [1.807, 2.05) is 19.9 Å². The van der Waals surface area contributed by atoms with E-state index in [2.05, 4.69) is 25.5 Å². The number of anilines is 1. The minimum absolute atomic E-state index is 0.349. The predicted molar refractivity (Wildman–Crippen MR) is 84.1 cm³/mol. The molecule has 0 aromatic carbocycles. The van der Waals surface area contributed by atoms with Crippen molar-refractivity contribution in [1.82, 2.24) is 20.2 Å². The molecule has 0 spiro atoms. The van der Waals surface area contributed by atoms with Gasteiger partial charge in [-0.15, -0.1) is 11.3 Å². The number of aromatic nitrogens is 4. The zero-order chi connectivity index (χ0) is 15.7. The summed E-state index contributed by atoms with van der Waals surface area (Å²) in [6, 6.07) is 1.89. The third-order valence-electron chi connectivity index (χ3n) is 3.28. The van der Waals surface area contributed by atoms with Gasteiger partial charge < -0.3 is 10.1 Å². The van der Waals surface area contributed by atoms with Crippen molar-refractivity contribution in [3.63, 3.8) is 0 Å². The van der Waals surface area contributed by atoms with Crippen molar-refractivity contribution in [2.24, 2.45) is 0 Å². The number of H-pyrrole nitrogens is 1. The van der Waals surface area contributed by atoms with Crippen molar-refractivity contribution in [3.05, 3.63) is 34.2 Å². The molecule has 0 aliphatic heterocycles. The molecule has 0 saturated carbocycles. The quantitative estimate of drug-likeness (QED) is 0.718. The number of carbonyl (C=O) groups excluding carboxylic acids is 1. The van der Waals surface area contributed by atoms with E-state index in [0.29, 0.717) is 23.1 Å². The molecule has 0 unspecified atom stereocenters. The van der Waals surface area contributed by atoms with Gasteiger partial charge in [-0.05, 0) is 25.5 Å². The first-order valence-electron chi connectivity index (χ1n) is 6.68. The van der Waals surface area contributed by atoms with Crippen LogP contribution in [0.3, 0.4) is 0 Å². The molecule has 3 heterocycles. The predicted octanol–water partition coefficient (Wildman–Crippen LogP) is 2.43. The Morgan fingerprint density at radius 2 is 2.23 bits per heavy atom. The lowest BCUT2D eigenvalue weighted by Crippen LogP contribution is -2.05. The molecule has 22 heavy (non-hydrogen) atoms. The van der Waals surface area contributed by atoms with Crippen LogP contribution in [0.5, 0.6) is 0 Å². The van der Waals surface area contributed by atoms with Crippen LogP contribution in [0.15, 0.2) is 12.3 Å². The number of hydrogen-bond donors (Lipinski definition) is 2. The molecule has 0 radical (unpaired) electrons. The smallest absolute Gasteiger partial charge is 0.348 e. The molecule has 8 heteroatoms.